The third-order valence-corrected chi connectivity index (χ3v) is 4.44. The van der Waals surface area contributed by atoms with Crippen molar-refractivity contribution in [2.45, 2.75) is 19.8 Å². The van der Waals surface area contributed by atoms with Crippen LogP contribution in [0.15, 0.2) is 53.9 Å². The van der Waals surface area contributed by atoms with Crippen molar-refractivity contribution < 1.29 is 4.92 Å². The van der Waals surface area contributed by atoms with Crippen LogP contribution in [-0.2, 0) is 0 Å². The molecule has 0 saturated heterocycles. The zero-order chi connectivity index (χ0) is 17.1. The van der Waals surface area contributed by atoms with Crippen molar-refractivity contribution in [1.29, 1.82) is 0 Å². The fraction of sp³-hybridized carbons (Fsp3) is 0.167. The Morgan fingerprint density at radius 2 is 1.92 bits per heavy atom. The highest BCUT2D eigenvalue weighted by molar-refractivity contribution is 7.14. The molecule has 5 nitrogen and oxygen atoms in total. The molecule has 1 N–H and O–H groups in total. The molecule has 24 heavy (non-hydrogen) atoms. The number of nitrogens with one attached hydrogen (secondary N) is 1. The Morgan fingerprint density at radius 3 is 2.58 bits per heavy atom. The van der Waals surface area contributed by atoms with E-state index in [4.69, 9.17) is 0 Å². The summed E-state index contributed by atoms with van der Waals surface area (Å²) in [5.41, 5.74) is 3.95. The molecule has 0 aliphatic heterocycles. The van der Waals surface area contributed by atoms with Crippen LogP contribution in [0, 0.1) is 10.1 Å². The van der Waals surface area contributed by atoms with Crippen LogP contribution >= 0.6 is 11.3 Å². The van der Waals surface area contributed by atoms with Gasteiger partial charge in [-0.25, -0.2) is 4.98 Å². The normalized spacial score (nSPS) is 10.8. The number of benzene rings is 2. The van der Waals surface area contributed by atoms with Gasteiger partial charge in [0.25, 0.3) is 5.69 Å². The van der Waals surface area contributed by atoms with Crippen molar-refractivity contribution in [2.75, 3.05) is 5.32 Å². The maximum Gasteiger partial charge on any atom is 0.271 e. The van der Waals surface area contributed by atoms with Crippen LogP contribution in [0.25, 0.3) is 11.3 Å². The second-order valence-corrected chi connectivity index (χ2v) is 6.61. The minimum atomic E-state index is -0.408. The third-order valence-electron chi connectivity index (χ3n) is 3.69. The smallest absolute Gasteiger partial charge is 0.271 e. The van der Waals surface area contributed by atoms with Crippen LogP contribution in [0.4, 0.5) is 16.5 Å². The summed E-state index contributed by atoms with van der Waals surface area (Å²) in [6.45, 7) is 4.33. The Hall–Kier alpha value is -2.73. The molecule has 1 aromatic heterocycles. The summed E-state index contributed by atoms with van der Waals surface area (Å²) in [6.07, 6.45) is 0. The van der Waals surface area contributed by atoms with Crippen molar-refractivity contribution in [2.24, 2.45) is 0 Å². The van der Waals surface area contributed by atoms with E-state index < -0.39 is 4.92 Å². The Bertz CT molecular complexity index is 857. The summed E-state index contributed by atoms with van der Waals surface area (Å²) < 4.78 is 0. The molecule has 2 aromatic carbocycles. The van der Waals surface area contributed by atoms with E-state index in [-0.39, 0.29) is 5.69 Å². The third kappa shape index (κ3) is 3.60. The number of aromatic nitrogens is 1. The SMILES string of the molecule is CC(C)c1ccc(-c2csc(Nc3cccc([N+](=O)[O-])c3)n2)cc1. The zero-order valence-corrected chi connectivity index (χ0v) is 14.2. The molecular weight excluding hydrogens is 322 g/mol. The molecule has 0 saturated carbocycles. The second-order valence-electron chi connectivity index (χ2n) is 5.75. The minimum Gasteiger partial charge on any atom is -0.331 e. The summed E-state index contributed by atoms with van der Waals surface area (Å²) in [7, 11) is 0. The molecule has 1 heterocycles. The Kier molecular flexibility index (Phi) is 4.57. The Labute approximate surface area is 144 Å². The van der Waals surface area contributed by atoms with E-state index in [2.05, 4.69) is 48.4 Å². The highest BCUT2D eigenvalue weighted by Crippen LogP contribution is 2.29. The first-order chi connectivity index (χ1) is 11.5. The molecule has 3 rings (SSSR count). The molecule has 0 bridgehead atoms. The van der Waals surface area contributed by atoms with Gasteiger partial charge in [-0.05, 0) is 17.5 Å². The standard InChI is InChI=1S/C18H17N3O2S/c1-12(2)13-6-8-14(9-7-13)17-11-24-18(20-17)19-15-4-3-5-16(10-15)21(22)23/h3-12H,1-2H3,(H,19,20). The van der Waals surface area contributed by atoms with Crippen LogP contribution in [0.1, 0.15) is 25.3 Å². The molecule has 3 aromatic rings. The van der Waals surface area contributed by atoms with E-state index >= 15 is 0 Å². The molecule has 6 heteroatoms. The average molecular weight is 339 g/mol. The van der Waals surface area contributed by atoms with E-state index in [1.807, 2.05) is 5.38 Å². The first-order valence-corrected chi connectivity index (χ1v) is 8.48. The number of non-ortho nitro benzene ring substituents is 1. The van der Waals surface area contributed by atoms with Crippen LogP contribution in [0.3, 0.4) is 0 Å². The molecule has 0 radical (unpaired) electrons. The van der Waals surface area contributed by atoms with Crippen molar-refractivity contribution in [3.05, 3.63) is 69.6 Å². The number of hydrogen-bond donors (Lipinski definition) is 1. The average Bonchev–Trinajstić information content (AvgIpc) is 3.03. The number of rotatable bonds is 5. The highest BCUT2D eigenvalue weighted by atomic mass is 32.1. The molecular formula is C18H17N3O2S. The number of anilines is 2. The Balaban J connectivity index is 1.78. The lowest BCUT2D eigenvalue weighted by Crippen LogP contribution is -1.92. The predicted molar refractivity (Wildman–Crippen MR) is 98.0 cm³/mol. The van der Waals surface area contributed by atoms with E-state index in [1.165, 1.54) is 29.0 Å². The number of thiazole rings is 1. The summed E-state index contributed by atoms with van der Waals surface area (Å²) in [4.78, 5) is 15.0. The summed E-state index contributed by atoms with van der Waals surface area (Å²) in [5.74, 6) is 0.501. The first-order valence-electron chi connectivity index (χ1n) is 7.60. The van der Waals surface area contributed by atoms with E-state index in [9.17, 15) is 10.1 Å². The van der Waals surface area contributed by atoms with Gasteiger partial charge in [0.05, 0.1) is 10.6 Å². The van der Waals surface area contributed by atoms with Crippen LogP contribution < -0.4 is 5.32 Å². The van der Waals surface area contributed by atoms with Crippen molar-refractivity contribution >= 4 is 27.8 Å². The van der Waals surface area contributed by atoms with Crippen molar-refractivity contribution in [1.82, 2.24) is 4.98 Å². The lowest BCUT2D eigenvalue weighted by Gasteiger charge is -2.05. The van der Waals surface area contributed by atoms with E-state index in [0.717, 1.165) is 11.3 Å². The van der Waals surface area contributed by atoms with Gasteiger partial charge in [-0.1, -0.05) is 44.2 Å². The van der Waals surface area contributed by atoms with Crippen molar-refractivity contribution in [3.63, 3.8) is 0 Å². The van der Waals surface area contributed by atoms with Gasteiger partial charge >= 0.3 is 0 Å². The molecule has 0 unspecified atom stereocenters. The highest BCUT2D eigenvalue weighted by Gasteiger charge is 2.09. The largest absolute Gasteiger partial charge is 0.331 e. The van der Waals surface area contributed by atoms with Gasteiger partial charge in [0.15, 0.2) is 5.13 Å². The lowest BCUT2D eigenvalue weighted by atomic mass is 10.0. The second kappa shape index (κ2) is 6.80. The minimum absolute atomic E-state index is 0.0565. The topological polar surface area (TPSA) is 68.1 Å². The zero-order valence-electron chi connectivity index (χ0n) is 13.4. The molecule has 122 valence electrons. The molecule has 0 fully saturated rings. The predicted octanol–water partition coefficient (Wildman–Crippen LogP) is 5.59. The summed E-state index contributed by atoms with van der Waals surface area (Å²) in [5, 5.41) is 16.6. The monoisotopic (exact) mass is 339 g/mol. The quantitative estimate of drug-likeness (QED) is 0.486. The molecule has 0 atom stereocenters. The maximum absolute atomic E-state index is 10.8. The molecule has 0 amide bonds. The lowest BCUT2D eigenvalue weighted by molar-refractivity contribution is -0.384. The van der Waals surface area contributed by atoms with Gasteiger partial charge in [-0.2, -0.15) is 0 Å². The van der Waals surface area contributed by atoms with Gasteiger partial charge < -0.3 is 5.32 Å². The molecule has 0 aliphatic rings. The van der Waals surface area contributed by atoms with Gasteiger partial charge in [-0.15, -0.1) is 11.3 Å². The Morgan fingerprint density at radius 1 is 1.17 bits per heavy atom. The number of nitrogens with zero attached hydrogens (tertiary/aromatic N) is 2. The first kappa shape index (κ1) is 16.1. The van der Waals surface area contributed by atoms with Crippen LogP contribution in [-0.4, -0.2) is 9.91 Å². The van der Waals surface area contributed by atoms with Gasteiger partial charge in [0, 0.05) is 28.8 Å². The van der Waals surface area contributed by atoms with Gasteiger partial charge in [0.2, 0.25) is 0 Å². The summed E-state index contributed by atoms with van der Waals surface area (Å²) in [6, 6.07) is 14.8. The summed E-state index contributed by atoms with van der Waals surface area (Å²) >= 11 is 1.47. The van der Waals surface area contributed by atoms with Crippen LogP contribution in [0.5, 0.6) is 0 Å². The van der Waals surface area contributed by atoms with Gasteiger partial charge in [0.1, 0.15) is 0 Å². The van der Waals surface area contributed by atoms with Crippen molar-refractivity contribution in [3.8, 4) is 11.3 Å². The molecule has 0 aliphatic carbocycles. The fourth-order valence-corrected chi connectivity index (χ4v) is 3.06. The fourth-order valence-electron chi connectivity index (χ4n) is 2.32. The molecule has 0 spiro atoms. The van der Waals surface area contributed by atoms with Gasteiger partial charge in [-0.3, -0.25) is 10.1 Å². The maximum atomic E-state index is 10.8. The van der Waals surface area contributed by atoms with E-state index in [0.29, 0.717) is 16.7 Å². The van der Waals surface area contributed by atoms with Crippen LogP contribution in [0.2, 0.25) is 0 Å². The number of nitro benzene ring substituents is 1. The number of nitro groups is 1. The van der Waals surface area contributed by atoms with E-state index in [1.54, 1.807) is 12.1 Å². The number of hydrogen-bond acceptors (Lipinski definition) is 5.